The first-order valence-corrected chi connectivity index (χ1v) is 9.37. The molecule has 1 aliphatic rings. The minimum absolute atomic E-state index is 0.275. The summed E-state index contributed by atoms with van der Waals surface area (Å²) in [5, 5.41) is 0. The van der Waals surface area contributed by atoms with E-state index in [0.29, 0.717) is 6.07 Å². The molecule has 0 aromatic heterocycles. The van der Waals surface area contributed by atoms with Crippen LogP contribution in [0, 0.1) is 5.82 Å². The van der Waals surface area contributed by atoms with E-state index in [1.807, 2.05) is 0 Å². The highest BCUT2D eigenvalue weighted by Gasteiger charge is 2.40. The first kappa shape index (κ1) is 16.5. The zero-order valence-corrected chi connectivity index (χ0v) is 15.7. The van der Waals surface area contributed by atoms with Crippen LogP contribution in [-0.2, 0) is 34.3 Å². The molecule has 0 spiro atoms. The van der Waals surface area contributed by atoms with Gasteiger partial charge in [0.1, 0.15) is 11.5 Å². The number of ether oxygens (including phenoxy) is 2. The molecule has 0 saturated carbocycles. The van der Waals surface area contributed by atoms with Gasteiger partial charge < -0.3 is 19.4 Å². The maximum Gasteiger partial charge on any atom is 0.340 e. The lowest BCUT2D eigenvalue weighted by Gasteiger charge is -2.11. The van der Waals surface area contributed by atoms with E-state index >= 15 is 0 Å². The van der Waals surface area contributed by atoms with Gasteiger partial charge in [-0.25, -0.2) is 9.18 Å². The van der Waals surface area contributed by atoms with Gasteiger partial charge >= 0.3 is 16.1 Å². The van der Waals surface area contributed by atoms with E-state index in [1.54, 1.807) is 6.07 Å². The van der Waals surface area contributed by atoms with Gasteiger partial charge in [-0.2, -0.15) is 8.42 Å². The molecule has 0 unspecified atom stereocenters. The van der Waals surface area contributed by atoms with E-state index < -0.39 is 62.2 Å². The van der Waals surface area contributed by atoms with Crippen LogP contribution in [0.25, 0.3) is 0 Å². The fraction of sp³-hybridized carbons (Fsp3) is 0.158. The van der Waals surface area contributed by atoms with Crippen LogP contribution in [0.5, 0.6) is 0 Å². The van der Waals surface area contributed by atoms with E-state index in [1.165, 1.54) is 24.3 Å². The first-order valence-electron chi connectivity index (χ1n) is 9.46. The second kappa shape index (κ2) is 7.92. The number of hydrogen-bond donors (Lipinski definition) is 1. The minimum atomic E-state index is -5.15. The topological polar surface area (TPSA) is 122 Å². The molecule has 8 nitrogen and oxygen atoms in total. The molecule has 0 bridgehead atoms. The summed E-state index contributed by atoms with van der Waals surface area (Å²) in [6, 6.07) is 9.38. The average Bonchev–Trinajstić information content (AvgIpc) is 2.97. The normalized spacial score (nSPS) is 21.0. The number of ketones is 1. The Labute approximate surface area is 170 Å². The van der Waals surface area contributed by atoms with Gasteiger partial charge in [0.05, 0.1) is 16.8 Å². The Morgan fingerprint density at radius 2 is 2.00 bits per heavy atom. The second-order valence-corrected chi connectivity index (χ2v) is 6.92. The van der Waals surface area contributed by atoms with E-state index in [4.69, 9.17) is 14.6 Å². The molecule has 0 amide bonds. The van der Waals surface area contributed by atoms with Gasteiger partial charge in [-0.15, -0.1) is 0 Å². The number of methoxy groups -OCH3 is 1. The van der Waals surface area contributed by atoms with Gasteiger partial charge in [-0.05, 0) is 17.7 Å². The fourth-order valence-electron chi connectivity index (χ4n) is 2.40. The molecule has 10 heteroatoms. The molecular weight excluding hydrogens is 405 g/mol. The predicted octanol–water partition coefficient (Wildman–Crippen LogP) is 1.93. The fourth-order valence-corrected chi connectivity index (χ4v) is 3.24. The monoisotopic (exact) mass is 424 g/mol. The van der Waals surface area contributed by atoms with Gasteiger partial charge in [0.25, 0.3) is 0 Å². The Hall–Kier alpha value is -3.40. The number of carbonyl (C=O) groups is 2. The highest BCUT2D eigenvalue weighted by atomic mass is 32.2. The average molecular weight is 424 g/mol. The van der Waals surface area contributed by atoms with Crippen molar-refractivity contribution in [1.29, 1.82) is 0 Å². The summed E-state index contributed by atoms with van der Waals surface area (Å²) < 4.78 is 77.7. The van der Waals surface area contributed by atoms with E-state index in [-0.39, 0.29) is 5.56 Å². The number of rotatable bonds is 6. The van der Waals surface area contributed by atoms with Crippen molar-refractivity contribution in [2.45, 2.75) is 11.8 Å². The third-order valence-electron chi connectivity index (χ3n) is 3.69. The van der Waals surface area contributed by atoms with Crippen molar-refractivity contribution >= 4 is 21.9 Å². The van der Waals surface area contributed by atoms with Crippen LogP contribution in [0.1, 0.15) is 31.7 Å². The molecule has 2 aromatic rings. The number of Topliss-reactive ketones (excluding diaryl/α,β-unsaturated/α-hetero) is 1. The molecule has 29 heavy (non-hydrogen) atoms. The van der Waals surface area contributed by atoms with E-state index in [9.17, 15) is 22.4 Å². The number of nitrogens with two attached hydrogens (primary N) is 1. The van der Waals surface area contributed by atoms with Crippen LogP contribution >= 0.6 is 0 Å². The molecule has 1 heterocycles. The van der Waals surface area contributed by atoms with Crippen LogP contribution in [0.4, 0.5) is 4.39 Å². The van der Waals surface area contributed by atoms with Crippen LogP contribution < -0.4 is 5.73 Å². The molecule has 1 aliphatic heterocycles. The van der Waals surface area contributed by atoms with Crippen molar-refractivity contribution < 1.29 is 40.2 Å². The van der Waals surface area contributed by atoms with Gasteiger partial charge in [-0.3, -0.25) is 4.79 Å². The molecule has 1 atom stereocenters. The number of esters is 1. The zero-order chi connectivity index (χ0) is 23.9. The number of hydrogen-bond acceptors (Lipinski definition) is 8. The molecule has 0 aliphatic carbocycles. The van der Waals surface area contributed by atoms with Crippen LogP contribution in [0.2, 0.25) is 0 Å². The molecule has 2 N–H and O–H groups in total. The highest BCUT2D eigenvalue weighted by molar-refractivity contribution is 7.86. The molecular formula is C19H16FNO7S. The number of carbonyl (C=O) groups excluding carboxylic acids is 2. The van der Waals surface area contributed by atoms with Crippen LogP contribution in [0.15, 0.2) is 60.2 Å². The lowest BCUT2D eigenvalue weighted by Crippen LogP contribution is -2.16. The summed E-state index contributed by atoms with van der Waals surface area (Å²) in [5.74, 6) is -5.57. The third kappa shape index (κ3) is 4.37. The van der Waals surface area contributed by atoms with Crippen molar-refractivity contribution in [3.05, 3.63) is 82.7 Å². The Bertz CT molecular complexity index is 1230. The van der Waals surface area contributed by atoms with Crippen molar-refractivity contribution in [2.75, 3.05) is 7.11 Å². The summed E-state index contributed by atoms with van der Waals surface area (Å²) in [5.41, 5.74) is 1.30. The van der Waals surface area contributed by atoms with Crippen LogP contribution in [-0.4, -0.2) is 27.3 Å². The zero-order valence-electron chi connectivity index (χ0n) is 17.8. The Kier molecular flexibility index (Phi) is 4.52. The van der Waals surface area contributed by atoms with Crippen molar-refractivity contribution in [3.63, 3.8) is 0 Å². The summed E-state index contributed by atoms with van der Waals surface area (Å²) in [7, 11) is -4.11. The van der Waals surface area contributed by atoms with Crippen molar-refractivity contribution in [1.82, 2.24) is 0 Å². The van der Waals surface area contributed by atoms with Gasteiger partial charge in [0, 0.05) is 5.56 Å². The first-order chi connectivity index (χ1) is 14.8. The van der Waals surface area contributed by atoms with Crippen molar-refractivity contribution in [3.8, 4) is 0 Å². The Balaban J connectivity index is 1.93. The minimum Gasteiger partial charge on any atom is -0.465 e. The lowest BCUT2D eigenvalue weighted by atomic mass is 10.0. The molecule has 0 saturated heterocycles. The standard InChI is InChI=1S/C19H16FNO7S/c1-26-19(23)13-8-7-12(9-14(13)20)16-15(22)17(18(21)27-16)28-29(24,25)10-11-5-3-2-4-6-11/h2-9,16H,10,21H2,1H3/t16-/m0/s1/i10D2,16D. The molecule has 0 fully saturated rings. The summed E-state index contributed by atoms with van der Waals surface area (Å²) >= 11 is 0. The lowest BCUT2D eigenvalue weighted by molar-refractivity contribution is -0.123. The maximum atomic E-state index is 14.3. The molecule has 2 aromatic carbocycles. The van der Waals surface area contributed by atoms with Gasteiger partial charge in [0.2, 0.25) is 17.4 Å². The third-order valence-corrected chi connectivity index (χ3v) is 4.57. The van der Waals surface area contributed by atoms with Gasteiger partial charge in [-0.1, -0.05) is 36.4 Å². The van der Waals surface area contributed by atoms with Crippen molar-refractivity contribution in [2.24, 2.45) is 5.73 Å². The SMILES string of the molecule is [2H]C([2H])(c1ccccc1)S(=O)(=O)OC1=C(N)O[C@@]([2H])(c2ccc(C(=O)OC)c(F)c2)C1=O. The summed E-state index contributed by atoms with van der Waals surface area (Å²) in [6.07, 6.45) is -2.73. The molecule has 3 rings (SSSR count). The van der Waals surface area contributed by atoms with E-state index in [2.05, 4.69) is 8.92 Å². The Morgan fingerprint density at radius 3 is 2.62 bits per heavy atom. The predicted molar refractivity (Wildman–Crippen MR) is 97.9 cm³/mol. The van der Waals surface area contributed by atoms with Crippen LogP contribution in [0.3, 0.4) is 0 Å². The smallest absolute Gasteiger partial charge is 0.340 e. The van der Waals surface area contributed by atoms with E-state index in [0.717, 1.165) is 19.2 Å². The second-order valence-electron chi connectivity index (χ2n) is 5.65. The highest BCUT2D eigenvalue weighted by Crippen LogP contribution is 2.33. The maximum absolute atomic E-state index is 14.3. The van der Waals surface area contributed by atoms with Gasteiger partial charge in [0.15, 0.2) is 6.08 Å². The quantitative estimate of drug-likeness (QED) is 0.551. The molecule has 152 valence electrons. The Morgan fingerprint density at radius 1 is 1.31 bits per heavy atom. The largest absolute Gasteiger partial charge is 0.465 e. The summed E-state index contributed by atoms with van der Waals surface area (Å²) in [6.45, 7) is 0. The molecule has 0 radical (unpaired) electrons. The number of halogens is 1. The summed E-state index contributed by atoms with van der Waals surface area (Å²) in [4.78, 5) is 24.3. The number of benzene rings is 2.